The Labute approximate surface area is 333 Å². The molecule has 2 aliphatic heterocycles. The number of nitrogens with zero attached hydrogens (tertiary/aromatic N) is 3. The monoisotopic (exact) mass is 785 g/mol. The highest BCUT2D eigenvalue weighted by Gasteiger charge is 2.57. The molecule has 3 aromatic carbocycles. The van der Waals surface area contributed by atoms with Gasteiger partial charge in [0.05, 0.1) is 56.3 Å². The van der Waals surface area contributed by atoms with E-state index in [4.69, 9.17) is 18.3 Å². The van der Waals surface area contributed by atoms with Crippen LogP contribution in [0.3, 0.4) is 0 Å². The van der Waals surface area contributed by atoms with Gasteiger partial charge in [-0.25, -0.2) is 0 Å². The minimum Gasteiger partial charge on any atom is -0.413 e. The molecule has 0 aromatic heterocycles. The average molecular weight is 786 g/mol. The minimum atomic E-state index is -2.32. The Morgan fingerprint density at radius 1 is 0.782 bits per heavy atom. The van der Waals surface area contributed by atoms with Crippen LogP contribution < -0.4 is 10.6 Å². The molecule has 0 bridgehead atoms. The molecular formula is C44H67N5O4Si2. The Kier molecular flexibility index (Phi) is 15.4. The van der Waals surface area contributed by atoms with E-state index in [1.807, 2.05) is 18.2 Å². The van der Waals surface area contributed by atoms with Crippen molar-refractivity contribution in [1.82, 2.24) is 10.6 Å². The third-order valence-corrected chi connectivity index (χ3v) is 23.5. The van der Waals surface area contributed by atoms with Gasteiger partial charge in [0.25, 0.3) is 0 Å². The molecule has 2 fully saturated rings. The minimum absolute atomic E-state index is 0.0367. The Bertz CT molecular complexity index is 1560. The van der Waals surface area contributed by atoms with Crippen molar-refractivity contribution in [3.05, 3.63) is 118 Å². The summed E-state index contributed by atoms with van der Waals surface area (Å²) in [6.45, 7) is 21.6. The lowest BCUT2D eigenvalue weighted by atomic mass is 9.84. The van der Waals surface area contributed by atoms with E-state index in [1.165, 1.54) is 11.1 Å². The number of benzene rings is 3. The molecule has 0 aliphatic carbocycles. The summed E-state index contributed by atoms with van der Waals surface area (Å²) in [6, 6.07) is 33.9. The highest BCUT2D eigenvalue weighted by Crippen LogP contribution is 2.46. The number of rotatable bonds is 19. The van der Waals surface area contributed by atoms with Crippen LogP contribution in [0.1, 0.15) is 97.5 Å². The zero-order valence-corrected chi connectivity index (χ0v) is 36.8. The second-order valence-corrected chi connectivity index (χ2v) is 26.9. The number of hydrogen-bond donors (Lipinski definition) is 2. The van der Waals surface area contributed by atoms with Crippen LogP contribution >= 0.6 is 0 Å². The van der Waals surface area contributed by atoms with Gasteiger partial charge in [0.15, 0.2) is 16.6 Å². The van der Waals surface area contributed by atoms with Gasteiger partial charge in [0, 0.05) is 11.3 Å². The lowest BCUT2D eigenvalue weighted by Crippen LogP contribution is -2.68. The van der Waals surface area contributed by atoms with E-state index in [1.54, 1.807) is 0 Å². The molecule has 9 nitrogen and oxygen atoms in total. The van der Waals surface area contributed by atoms with Crippen molar-refractivity contribution in [2.24, 2.45) is 5.11 Å². The van der Waals surface area contributed by atoms with Crippen LogP contribution in [0.4, 0.5) is 0 Å². The SMILES string of the molecule is CC[Si](CC)(CC)O[C@@H]1C[C@@](COCc2ccccc2)(C2N[C@H](c3ccccc3)[C@@H](c3ccccc3)N2)O[C@@H](CO[Si](C(C)C)(C(C)C)C(C)C)[C@@H]1N=[N+]=[N-]. The van der Waals surface area contributed by atoms with Crippen molar-refractivity contribution in [1.29, 1.82) is 0 Å². The molecule has 6 atom stereocenters. The van der Waals surface area contributed by atoms with Crippen LogP contribution in [0, 0.1) is 0 Å². The average Bonchev–Trinajstić information content (AvgIpc) is 3.66. The summed E-state index contributed by atoms with van der Waals surface area (Å²) in [5.41, 5.74) is 13.9. The molecule has 11 heteroatoms. The lowest BCUT2D eigenvalue weighted by molar-refractivity contribution is -0.215. The van der Waals surface area contributed by atoms with Crippen molar-refractivity contribution in [3.63, 3.8) is 0 Å². The first-order valence-corrected chi connectivity index (χ1v) is 25.4. The molecule has 2 N–H and O–H groups in total. The molecule has 2 saturated heterocycles. The topological polar surface area (TPSA) is 110 Å². The molecule has 0 spiro atoms. The van der Waals surface area contributed by atoms with Crippen molar-refractivity contribution < 1.29 is 18.3 Å². The Morgan fingerprint density at radius 2 is 1.27 bits per heavy atom. The van der Waals surface area contributed by atoms with Crippen LogP contribution in [0.25, 0.3) is 10.4 Å². The molecule has 300 valence electrons. The second kappa shape index (κ2) is 19.5. The fraction of sp³-hybridized carbons (Fsp3) is 0.591. The quantitative estimate of drug-likeness (QED) is 0.0542. The molecule has 3 aromatic rings. The van der Waals surface area contributed by atoms with Crippen LogP contribution in [-0.2, 0) is 24.9 Å². The van der Waals surface area contributed by atoms with Crippen LogP contribution in [0.5, 0.6) is 0 Å². The smallest absolute Gasteiger partial charge is 0.200 e. The van der Waals surface area contributed by atoms with Gasteiger partial charge in [-0.1, -0.05) is 158 Å². The Hall–Kier alpha value is -2.84. The van der Waals surface area contributed by atoms with E-state index in [0.29, 0.717) is 42.9 Å². The van der Waals surface area contributed by atoms with Crippen molar-refractivity contribution in [3.8, 4) is 0 Å². The predicted octanol–water partition coefficient (Wildman–Crippen LogP) is 11.0. The zero-order chi connectivity index (χ0) is 39.6. The standard InChI is InChI=1S/C44H67N5O4Si2/c1-10-54(11-2,12-3)53-38-28-44(31-50-29-35-22-16-13-17-23-35,52-39(42(38)48-49-45)30-51-55(32(4)5,33(6)7)34(8)9)43-46-40(36-24-18-14-19-25-36)41(47-43)37-26-20-15-21-27-37/h13-27,32-34,38-43,46-47H,10-12,28-31H2,1-9H3/t38-,39+,40-,41-,42-,44-/m1/s1. The normalized spacial score (nSPS) is 25.1. The van der Waals surface area contributed by atoms with Crippen molar-refractivity contribution in [2.75, 3.05) is 13.2 Å². The van der Waals surface area contributed by atoms with E-state index >= 15 is 0 Å². The van der Waals surface area contributed by atoms with Crippen LogP contribution in [0.2, 0.25) is 34.8 Å². The molecule has 0 unspecified atom stereocenters. The van der Waals surface area contributed by atoms with E-state index in [2.05, 4.69) is 156 Å². The fourth-order valence-electron chi connectivity index (χ4n) is 9.70. The van der Waals surface area contributed by atoms with E-state index in [0.717, 1.165) is 23.7 Å². The third-order valence-electron chi connectivity index (χ3n) is 12.7. The molecular weight excluding hydrogens is 719 g/mol. The van der Waals surface area contributed by atoms with E-state index in [-0.39, 0.29) is 24.4 Å². The maximum atomic E-state index is 10.1. The molecule has 55 heavy (non-hydrogen) atoms. The first-order chi connectivity index (χ1) is 26.5. The molecule has 0 radical (unpaired) electrons. The second-order valence-electron chi connectivity index (χ2n) is 16.7. The number of nitrogens with one attached hydrogen (secondary N) is 2. The summed E-state index contributed by atoms with van der Waals surface area (Å²) in [4.78, 5) is 3.44. The maximum Gasteiger partial charge on any atom is 0.200 e. The summed E-state index contributed by atoms with van der Waals surface area (Å²) in [5, 5.41) is 12.6. The number of azide groups is 1. The molecule has 0 saturated carbocycles. The van der Waals surface area contributed by atoms with Gasteiger partial charge in [0.1, 0.15) is 5.60 Å². The summed E-state index contributed by atoms with van der Waals surface area (Å²) in [7, 11) is -4.51. The Morgan fingerprint density at radius 3 is 1.73 bits per heavy atom. The Balaban J connectivity index is 1.63. The molecule has 0 amide bonds. The van der Waals surface area contributed by atoms with Crippen molar-refractivity contribution >= 4 is 16.6 Å². The molecule has 2 aliphatic rings. The first-order valence-electron chi connectivity index (χ1n) is 20.8. The summed E-state index contributed by atoms with van der Waals surface area (Å²) < 4.78 is 29.0. The molecule has 2 heterocycles. The number of ether oxygens (including phenoxy) is 2. The highest BCUT2D eigenvalue weighted by molar-refractivity contribution is 6.77. The lowest BCUT2D eigenvalue weighted by Gasteiger charge is -2.52. The van der Waals surface area contributed by atoms with Gasteiger partial charge in [-0.2, -0.15) is 0 Å². The van der Waals surface area contributed by atoms with E-state index in [9.17, 15) is 5.53 Å². The third kappa shape index (κ3) is 9.66. The van der Waals surface area contributed by atoms with Crippen molar-refractivity contribution in [2.45, 2.75) is 152 Å². The number of hydrogen-bond acceptors (Lipinski definition) is 7. The van der Waals surface area contributed by atoms with Gasteiger partial charge in [-0.05, 0) is 57.0 Å². The summed E-state index contributed by atoms with van der Waals surface area (Å²) in [5.74, 6) is 0. The maximum absolute atomic E-state index is 10.1. The zero-order valence-electron chi connectivity index (χ0n) is 34.8. The van der Waals surface area contributed by atoms with Gasteiger partial charge in [0.2, 0.25) is 0 Å². The fourth-order valence-corrected chi connectivity index (χ4v) is 18.0. The predicted molar refractivity (Wildman–Crippen MR) is 229 cm³/mol. The summed E-state index contributed by atoms with van der Waals surface area (Å²) >= 11 is 0. The molecule has 5 rings (SSSR count). The summed E-state index contributed by atoms with van der Waals surface area (Å²) in [6.07, 6.45) is -0.772. The van der Waals surface area contributed by atoms with Gasteiger partial charge < -0.3 is 18.3 Å². The van der Waals surface area contributed by atoms with Crippen LogP contribution in [-0.4, -0.2) is 59.9 Å². The van der Waals surface area contributed by atoms with Crippen LogP contribution in [0.15, 0.2) is 96.1 Å². The van der Waals surface area contributed by atoms with E-state index < -0.39 is 34.4 Å². The highest BCUT2D eigenvalue weighted by atomic mass is 28.4. The first kappa shape index (κ1) is 43.3. The van der Waals surface area contributed by atoms with Gasteiger partial charge >= 0.3 is 0 Å². The largest absolute Gasteiger partial charge is 0.413 e. The van der Waals surface area contributed by atoms with Gasteiger partial charge in [-0.3, -0.25) is 10.6 Å². The van der Waals surface area contributed by atoms with Gasteiger partial charge in [-0.15, -0.1) is 0 Å².